The normalized spacial score (nSPS) is 18.4. The lowest BCUT2D eigenvalue weighted by Crippen LogP contribution is -2.48. The summed E-state index contributed by atoms with van der Waals surface area (Å²) < 4.78 is 32.6. The van der Waals surface area contributed by atoms with Crippen molar-refractivity contribution in [1.29, 1.82) is 0 Å². The first-order chi connectivity index (χ1) is 17.7. The van der Waals surface area contributed by atoms with Crippen LogP contribution in [0.25, 0.3) is 0 Å². The van der Waals surface area contributed by atoms with E-state index in [1.807, 2.05) is 0 Å². The van der Waals surface area contributed by atoms with Gasteiger partial charge in [-0.25, -0.2) is 8.42 Å². The summed E-state index contributed by atoms with van der Waals surface area (Å²) in [6, 6.07) is 11.2. The number of anilines is 2. The number of benzene rings is 2. The van der Waals surface area contributed by atoms with Crippen LogP contribution in [0.3, 0.4) is 0 Å². The van der Waals surface area contributed by atoms with Gasteiger partial charge in [-0.05, 0) is 75.3 Å². The van der Waals surface area contributed by atoms with E-state index in [2.05, 4.69) is 10.2 Å². The second-order valence-corrected chi connectivity index (χ2v) is 11.3. The van der Waals surface area contributed by atoms with Crippen molar-refractivity contribution in [3.8, 4) is 5.75 Å². The number of nitrogens with one attached hydrogen (secondary N) is 1. The summed E-state index contributed by atoms with van der Waals surface area (Å²) in [6.07, 6.45) is 3.05. The first-order valence-corrected chi connectivity index (χ1v) is 14.4. The van der Waals surface area contributed by atoms with Crippen LogP contribution in [0.2, 0.25) is 0 Å². The first-order valence-electron chi connectivity index (χ1n) is 13.0. The monoisotopic (exact) mass is 528 g/mol. The topological polar surface area (TPSA) is 99.3 Å². The number of hydrogen-bond donors (Lipinski definition) is 1. The van der Waals surface area contributed by atoms with E-state index >= 15 is 0 Å². The van der Waals surface area contributed by atoms with Crippen LogP contribution in [0.4, 0.5) is 11.4 Å². The van der Waals surface area contributed by atoms with E-state index in [1.54, 1.807) is 43.9 Å². The fourth-order valence-electron chi connectivity index (χ4n) is 4.83. The van der Waals surface area contributed by atoms with Crippen LogP contribution in [0.5, 0.6) is 5.75 Å². The molecule has 4 rings (SSSR count). The van der Waals surface area contributed by atoms with E-state index in [0.717, 1.165) is 19.6 Å². The Morgan fingerprint density at radius 3 is 2.35 bits per heavy atom. The van der Waals surface area contributed by atoms with Gasteiger partial charge in [-0.15, -0.1) is 0 Å². The summed E-state index contributed by atoms with van der Waals surface area (Å²) in [5.74, 6) is 0.135. The van der Waals surface area contributed by atoms with E-state index < -0.39 is 16.1 Å². The van der Waals surface area contributed by atoms with Gasteiger partial charge in [0.05, 0.1) is 10.6 Å². The number of likely N-dealkylation sites (tertiary alicyclic amines) is 1. The van der Waals surface area contributed by atoms with Crippen molar-refractivity contribution in [3.63, 3.8) is 0 Å². The number of sulfonamides is 1. The number of carbonyl (C=O) groups excluding carboxylic acids is 2. The molecule has 0 aliphatic carbocycles. The minimum Gasteiger partial charge on any atom is -0.479 e. The molecule has 0 saturated carbocycles. The number of ether oxygens (including phenoxy) is 1. The van der Waals surface area contributed by atoms with Gasteiger partial charge in [0.2, 0.25) is 10.0 Å². The van der Waals surface area contributed by atoms with Crippen molar-refractivity contribution in [2.45, 2.75) is 51.0 Å². The van der Waals surface area contributed by atoms with Gasteiger partial charge in [0, 0.05) is 37.4 Å². The van der Waals surface area contributed by atoms with Crippen LogP contribution < -0.4 is 15.0 Å². The van der Waals surface area contributed by atoms with Gasteiger partial charge < -0.3 is 19.9 Å². The van der Waals surface area contributed by atoms with Gasteiger partial charge in [-0.2, -0.15) is 4.31 Å². The molecule has 37 heavy (non-hydrogen) atoms. The Morgan fingerprint density at radius 1 is 1.03 bits per heavy atom. The SMILES string of the molecule is CCN(CC)S(=O)(=O)c1ccc(C(=O)Nc2ccc3c(c2)N(CCN2CCCCC2)C(=O)C(C)O3)cc1. The van der Waals surface area contributed by atoms with Crippen LogP contribution >= 0.6 is 0 Å². The van der Waals surface area contributed by atoms with Crippen molar-refractivity contribution in [1.82, 2.24) is 9.21 Å². The van der Waals surface area contributed by atoms with Gasteiger partial charge in [-0.3, -0.25) is 9.59 Å². The lowest BCUT2D eigenvalue weighted by molar-refractivity contribution is -0.125. The first kappa shape index (κ1) is 27.1. The third kappa shape index (κ3) is 5.97. The molecule has 1 N–H and O–H groups in total. The molecule has 2 aliphatic heterocycles. The molecule has 0 radical (unpaired) electrons. The zero-order valence-corrected chi connectivity index (χ0v) is 22.6. The highest BCUT2D eigenvalue weighted by molar-refractivity contribution is 7.89. The average Bonchev–Trinajstić information content (AvgIpc) is 2.90. The number of carbonyl (C=O) groups is 2. The van der Waals surface area contributed by atoms with Crippen LogP contribution in [-0.2, 0) is 14.8 Å². The molecule has 2 amide bonds. The molecule has 200 valence electrons. The maximum Gasteiger partial charge on any atom is 0.267 e. The molecular formula is C27H36N4O5S. The van der Waals surface area contributed by atoms with Crippen LogP contribution in [-0.4, -0.2) is 74.8 Å². The molecule has 1 unspecified atom stereocenters. The number of rotatable bonds is 9. The van der Waals surface area contributed by atoms with Crippen molar-refractivity contribution in [2.24, 2.45) is 0 Å². The second-order valence-electron chi connectivity index (χ2n) is 9.40. The maximum absolute atomic E-state index is 13.0. The van der Waals surface area contributed by atoms with Gasteiger partial charge in [-0.1, -0.05) is 20.3 Å². The molecule has 10 heteroatoms. The average molecular weight is 529 g/mol. The zero-order valence-electron chi connectivity index (χ0n) is 21.8. The summed E-state index contributed by atoms with van der Waals surface area (Å²) in [6.45, 7) is 9.51. The van der Waals surface area contributed by atoms with E-state index in [-0.39, 0.29) is 16.7 Å². The Hall–Kier alpha value is -2.95. The highest BCUT2D eigenvalue weighted by atomic mass is 32.2. The Kier molecular flexibility index (Phi) is 8.51. The van der Waals surface area contributed by atoms with Crippen molar-refractivity contribution in [2.75, 3.05) is 49.5 Å². The molecule has 0 aromatic heterocycles. The summed E-state index contributed by atoms with van der Waals surface area (Å²) >= 11 is 0. The Balaban J connectivity index is 1.49. The summed E-state index contributed by atoms with van der Waals surface area (Å²) in [5.41, 5.74) is 1.50. The zero-order chi connectivity index (χ0) is 26.6. The Labute approximate surface area is 219 Å². The highest BCUT2D eigenvalue weighted by Gasteiger charge is 2.32. The fraction of sp³-hybridized carbons (Fsp3) is 0.481. The number of fused-ring (bicyclic) bond motifs is 1. The number of piperidine rings is 1. The molecule has 1 saturated heterocycles. The molecule has 2 aromatic rings. The maximum atomic E-state index is 13.0. The summed E-state index contributed by atoms with van der Waals surface area (Å²) in [4.78, 5) is 30.2. The molecule has 0 spiro atoms. The molecule has 9 nitrogen and oxygen atoms in total. The van der Waals surface area contributed by atoms with E-state index in [4.69, 9.17) is 4.74 Å². The van der Waals surface area contributed by atoms with Crippen molar-refractivity contribution in [3.05, 3.63) is 48.0 Å². The fourth-order valence-corrected chi connectivity index (χ4v) is 6.29. The predicted octanol–water partition coefficient (Wildman–Crippen LogP) is 3.57. The Morgan fingerprint density at radius 2 is 1.70 bits per heavy atom. The molecule has 2 aromatic carbocycles. The smallest absolute Gasteiger partial charge is 0.267 e. The number of amides is 2. The molecule has 0 bridgehead atoms. The number of nitrogens with zero attached hydrogens (tertiary/aromatic N) is 3. The van der Waals surface area contributed by atoms with E-state index in [1.165, 1.54) is 47.8 Å². The molecule has 2 heterocycles. The number of hydrogen-bond acceptors (Lipinski definition) is 6. The van der Waals surface area contributed by atoms with Gasteiger partial charge in [0.15, 0.2) is 6.10 Å². The van der Waals surface area contributed by atoms with Crippen molar-refractivity contribution >= 4 is 33.2 Å². The lowest BCUT2D eigenvalue weighted by Gasteiger charge is -2.35. The summed E-state index contributed by atoms with van der Waals surface area (Å²) in [7, 11) is -3.60. The quantitative estimate of drug-likeness (QED) is 0.534. The predicted molar refractivity (Wildman–Crippen MR) is 144 cm³/mol. The molecular weight excluding hydrogens is 492 g/mol. The van der Waals surface area contributed by atoms with Gasteiger partial charge >= 0.3 is 0 Å². The largest absolute Gasteiger partial charge is 0.479 e. The van der Waals surface area contributed by atoms with Crippen LogP contribution in [0.15, 0.2) is 47.4 Å². The molecule has 1 atom stereocenters. The lowest BCUT2D eigenvalue weighted by atomic mass is 10.1. The molecule has 1 fully saturated rings. The van der Waals surface area contributed by atoms with Gasteiger partial charge in [0.25, 0.3) is 11.8 Å². The standard InChI is InChI=1S/C27H36N4O5S/c1-4-30(5-2)37(34,35)23-12-9-21(10-13-23)26(32)28-22-11-14-25-24(19-22)31(27(33)20(3)36-25)18-17-29-15-7-6-8-16-29/h9-14,19-20H,4-8,15-18H2,1-3H3,(H,28,32). The van der Waals surface area contributed by atoms with Crippen LogP contribution in [0, 0.1) is 0 Å². The third-order valence-corrected chi connectivity index (χ3v) is 9.04. The highest BCUT2D eigenvalue weighted by Crippen LogP contribution is 2.36. The Bertz CT molecular complexity index is 1220. The van der Waals surface area contributed by atoms with Gasteiger partial charge in [0.1, 0.15) is 5.75 Å². The summed E-state index contributed by atoms with van der Waals surface area (Å²) in [5, 5.41) is 2.86. The van der Waals surface area contributed by atoms with E-state index in [0.29, 0.717) is 42.3 Å². The minimum absolute atomic E-state index is 0.0991. The second kappa shape index (κ2) is 11.6. The molecule has 2 aliphatic rings. The van der Waals surface area contributed by atoms with Crippen LogP contribution in [0.1, 0.15) is 50.4 Å². The third-order valence-electron chi connectivity index (χ3n) is 6.97. The van der Waals surface area contributed by atoms with Crippen molar-refractivity contribution < 1.29 is 22.7 Å². The minimum atomic E-state index is -3.60. The van der Waals surface area contributed by atoms with E-state index in [9.17, 15) is 18.0 Å².